The number of methoxy groups -OCH3 is 1. The highest BCUT2D eigenvalue weighted by atomic mass is 16.6. The minimum Gasteiger partial charge on any atom is -0.483 e. The smallest absolute Gasteiger partial charge is 0.372 e. The Labute approximate surface area is 66.3 Å². The van der Waals surface area contributed by atoms with Crippen molar-refractivity contribution in [2.45, 2.75) is 6.92 Å². The summed E-state index contributed by atoms with van der Waals surface area (Å²) in [5.41, 5.74) is 0. The first-order chi connectivity index (χ1) is 5.26. The van der Waals surface area contributed by atoms with E-state index in [9.17, 15) is 4.79 Å². The van der Waals surface area contributed by atoms with Crippen LogP contribution in [0.1, 0.15) is 6.92 Å². The lowest BCUT2D eigenvalue weighted by atomic mass is 10.4. The second kappa shape index (κ2) is 5.53. The van der Waals surface area contributed by atoms with Gasteiger partial charge in [-0.05, 0) is 13.0 Å². The topological polar surface area (TPSA) is 35.5 Å². The third-order valence-electron chi connectivity index (χ3n) is 1.01. The number of carbonyl (C=O) groups excluding carboxylic acids is 1. The van der Waals surface area contributed by atoms with E-state index in [1.807, 2.05) is 0 Å². The molecule has 0 unspecified atom stereocenters. The second-order valence-electron chi connectivity index (χ2n) is 1.74. The minimum atomic E-state index is -0.464. The van der Waals surface area contributed by atoms with E-state index in [1.165, 1.54) is 7.11 Å². The first kappa shape index (κ1) is 9.75. The van der Waals surface area contributed by atoms with E-state index in [1.54, 1.807) is 19.1 Å². The summed E-state index contributed by atoms with van der Waals surface area (Å²) in [6.07, 6.45) is 3.11. The Morgan fingerprint density at radius 2 is 2.27 bits per heavy atom. The summed E-state index contributed by atoms with van der Waals surface area (Å²) in [4.78, 5) is 10.8. The predicted molar refractivity (Wildman–Crippen MR) is 41.9 cm³/mol. The van der Waals surface area contributed by atoms with E-state index in [-0.39, 0.29) is 5.76 Å². The maximum atomic E-state index is 10.8. The number of esters is 1. The SMILES string of the molecule is C=CCO/C(=C\C)C(=O)OC. The quantitative estimate of drug-likeness (QED) is 0.266. The molecule has 0 rings (SSSR count). The van der Waals surface area contributed by atoms with Gasteiger partial charge in [0.05, 0.1) is 7.11 Å². The van der Waals surface area contributed by atoms with Gasteiger partial charge in [-0.3, -0.25) is 0 Å². The fourth-order valence-corrected chi connectivity index (χ4v) is 0.509. The molecule has 0 aliphatic carbocycles. The molecule has 0 aromatic heterocycles. The number of rotatable bonds is 4. The summed E-state index contributed by atoms with van der Waals surface area (Å²) in [6.45, 7) is 5.47. The maximum absolute atomic E-state index is 10.8. The standard InChI is InChI=1S/C8H12O3/c1-4-6-11-7(5-2)8(9)10-3/h4-5H,1,6H2,2-3H3/b7-5-. The lowest BCUT2D eigenvalue weighted by molar-refractivity contribution is -0.139. The molecule has 0 atom stereocenters. The number of hydrogen-bond acceptors (Lipinski definition) is 3. The molecule has 0 radical (unpaired) electrons. The molecule has 0 fully saturated rings. The molecular formula is C8H12O3. The van der Waals surface area contributed by atoms with Crippen LogP contribution in [0.4, 0.5) is 0 Å². The molecular weight excluding hydrogens is 144 g/mol. The summed E-state index contributed by atoms with van der Waals surface area (Å²) in [6, 6.07) is 0. The van der Waals surface area contributed by atoms with Crippen LogP contribution in [-0.2, 0) is 14.3 Å². The largest absolute Gasteiger partial charge is 0.483 e. The Hall–Kier alpha value is -1.25. The van der Waals surface area contributed by atoms with Crippen LogP contribution in [0.15, 0.2) is 24.5 Å². The summed E-state index contributed by atoms with van der Waals surface area (Å²) in [7, 11) is 1.31. The van der Waals surface area contributed by atoms with Crippen LogP contribution >= 0.6 is 0 Å². The lowest BCUT2D eigenvalue weighted by Crippen LogP contribution is -2.07. The van der Waals surface area contributed by atoms with Crippen LogP contribution in [0, 0.1) is 0 Å². The van der Waals surface area contributed by atoms with Crippen molar-refractivity contribution >= 4 is 5.97 Å². The number of carbonyl (C=O) groups is 1. The number of ether oxygens (including phenoxy) is 2. The molecule has 3 heteroatoms. The van der Waals surface area contributed by atoms with Gasteiger partial charge in [-0.15, -0.1) is 0 Å². The molecule has 0 aromatic carbocycles. The van der Waals surface area contributed by atoms with Crippen molar-refractivity contribution in [1.82, 2.24) is 0 Å². The van der Waals surface area contributed by atoms with Crippen LogP contribution in [0.5, 0.6) is 0 Å². The third-order valence-corrected chi connectivity index (χ3v) is 1.01. The second-order valence-corrected chi connectivity index (χ2v) is 1.74. The van der Waals surface area contributed by atoms with Crippen LogP contribution in [0.25, 0.3) is 0 Å². The Bertz CT molecular complexity index is 170. The number of hydrogen-bond donors (Lipinski definition) is 0. The van der Waals surface area contributed by atoms with Crippen molar-refractivity contribution in [1.29, 1.82) is 0 Å². The molecule has 0 heterocycles. The molecule has 0 N–H and O–H groups in total. The van der Waals surface area contributed by atoms with Crippen molar-refractivity contribution in [3.63, 3.8) is 0 Å². The van der Waals surface area contributed by atoms with Crippen molar-refractivity contribution in [3.05, 3.63) is 24.5 Å². The minimum absolute atomic E-state index is 0.215. The highest BCUT2D eigenvalue weighted by molar-refractivity contribution is 5.85. The molecule has 0 aliphatic heterocycles. The van der Waals surface area contributed by atoms with Crippen LogP contribution < -0.4 is 0 Å². The summed E-state index contributed by atoms with van der Waals surface area (Å²) in [5, 5.41) is 0. The maximum Gasteiger partial charge on any atom is 0.372 e. The van der Waals surface area contributed by atoms with E-state index in [0.29, 0.717) is 6.61 Å². The molecule has 0 spiro atoms. The van der Waals surface area contributed by atoms with Crippen molar-refractivity contribution in [2.24, 2.45) is 0 Å². The average Bonchev–Trinajstić information content (AvgIpc) is 2.05. The van der Waals surface area contributed by atoms with Crippen molar-refractivity contribution in [3.8, 4) is 0 Å². The van der Waals surface area contributed by atoms with Crippen molar-refractivity contribution in [2.75, 3.05) is 13.7 Å². The van der Waals surface area contributed by atoms with Gasteiger partial charge in [0.2, 0.25) is 5.76 Å². The van der Waals surface area contributed by atoms with Crippen LogP contribution in [0.2, 0.25) is 0 Å². The fraction of sp³-hybridized carbons (Fsp3) is 0.375. The monoisotopic (exact) mass is 156 g/mol. The molecule has 0 bridgehead atoms. The van der Waals surface area contributed by atoms with Gasteiger partial charge in [0.25, 0.3) is 0 Å². The van der Waals surface area contributed by atoms with Gasteiger partial charge >= 0.3 is 5.97 Å². The molecule has 0 saturated carbocycles. The Morgan fingerprint density at radius 3 is 2.64 bits per heavy atom. The van der Waals surface area contributed by atoms with Crippen LogP contribution in [0.3, 0.4) is 0 Å². The van der Waals surface area contributed by atoms with E-state index >= 15 is 0 Å². The normalized spacial score (nSPS) is 10.5. The molecule has 11 heavy (non-hydrogen) atoms. The van der Waals surface area contributed by atoms with E-state index in [4.69, 9.17) is 4.74 Å². The van der Waals surface area contributed by atoms with Gasteiger partial charge in [-0.25, -0.2) is 4.79 Å². The summed E-state index contributed by atoms with van der Waals surface area (Å²) in [5.74, 6) is -0.248. The van der Waals surface area contributed by atoms with Gasteiger partial charge in [-0.1, -0.05) is 12.7 Å². The van der Waals surface area contributed by atoms with Gasteiger partial charge in [0.1, 0.15) is 6.61 Å². The van der Waals surface area contributed by atoms with E-state index in [2.05, 4.69) is 11.3 Å². The molecule has 62 valence electrons. The molecule has 0 aliphatic rings. The Morgan fingerprint density at radius 1 is 1.64 bits per heavy atom. The van der Waals surface area contributed by atoms with Crippen molar-refractivity contribution < 1.29 is 14.3 Å². The Balaban J connectivity index is 3.97. The molecule has 0 amide bonds. The molecule has 0 saturated heterocycles. The average molecular weight is 156 g/mol. The van der Waals surface area contributed by atoms with E-state index in [0.717, 1.165) is 0 Å². The van der Waals surface area contributed by atoms with Crippen LogP contribution in [-0.4, -0.2) is 19.7 Å². The third kappa shape index (κ3) is 3.45. The number of allylic oxidation sites excluding steroid dienone is 1. The van der Waals surface area contributed by atoms with Gasteiger partial charge in [-0.2, -0.15) is 0 Å². The van der Waals surface area contributed by atoms with Gasteiger partial charge in [0, 0.05) is 0 Å². The first-order valence-corrected chi connectivity index (χ1v) is 3.24. The Kier molecular flexibility index (Phi) is 4.90. The lowest BCUT2D eigenvalue weighted by Gasteiger charge is -2.04. The first-order valence-electron chi connectivity index (χ1n) is 3.24. The zero-order valence-corrected chi connectivity index (χ0v) is 6.79. The predicted octanol–water partition coefficient (Wildman–Crippen LogP) is 1.27. The molecule has 3 nitrogen and oxygen atoms in total. The molecule has 0 aromatic rings. The highest BCUT2D eigenvalue weighted by Crippen LogP contribution is 1.98. The summed E-state index contributed by atoms with van der Waals surface area (Å²) < 4.78 is 9.40. The zero-order valence-electron chi connectivity index (χ0n) is 6.79. The van der Waals surface area contributed by atoms with Gasteiger partial charge in [0.15, 0.2) is 0 Å². The fourth-order valence-electron chi connectivity index (χ4n) is 0.509. The summed E-state index contributed by atoms with van der Waals surface area (Å²) >= 11 is 0. The van der Waals surface area contributed by atoms with E-state index < -0.39 is 5.97 Å². The zero-order chi connectivity index (χ0) is 8.69. The highest BCUT2D eigenvalue weighted by Gasteiger charge is 2.07. The van der Waals surface area contributed by atoms with Gasteiger partial charge < -0.3 is 9.47 Å².